The van der Waals surface area contributed by atoms with Crippen LogP contribution in [0.1, 0.15) is 45.5 Å². The van der Waals surface area contributed by atoms with Crippen LogP contribution in [-0.4, -0.2) is 38.9 Å². The number of furan rings is 1. The molecular weight excluding hydrogens is 376 g/mol. The Labute approximate surface area is 167 Å². The predicted octanol–water partition coefficient (Wildman–Crippen LogP) is 3.34. The molecule has 1 aliphatic heterocycles. The van der Waals surface area contributed by atoms with Crippen molar-refractivity contribution in [1.82, 2.24) is 9.62 Å². The average Bonchev–Trinajstić information content (AvgIpc) is 3.19. The van der Waals surface area contributed by atoms with Crippen LogP contribution in [0.15, 0.2) is 34.0 Å². The van der Waals surface area contributed by atoms with Crippen molar-refractivity contribution in [2.45, 2.75) is 45.4 Å². The van der Waals surface area contributed by atoms with Crippen LogP contribution in [0.4, 0.5) is 0 Å². The Morgan fingerprint density at radius 3 is 2.29 bits per heavy atom. The van der Waals surface area contributed by atoms with Crippen molar-refractivity contribution in [2.24, 2.45) is 5.92 Å². The molecule has 28 heavy (non-hydrogen) atoms. The summed E-state index contributed by atoms with van der Waals surface area (Å²) < 4.78 is 33.7. The van der Waals surface area contributed by atoms with E-state index in [0.717, 1.165) is 35.1 Å². The van der Waals surface area contributed by atoms with Gasteiger partial charge >= 0.3 is 0 Å². The summed E-state index contributed by atoms with van der Waals surface area (Å²) in [6.45, 7) is 9.23. The zero-order valence-corrected chi connectivity index (χ0v) is 17.7. The second-order valence-electron chi connectivity index (χ2n) is 7.69. The molecule has 1 saturated heterocycles. The number of nitrogens with one attached hydrogen (secondary N) is 1. The molecule has 0 unspecified atom stereocenters. The van der Waals surface area contributed by atoms with Crippen molar-refractivity contribution in [1.29, 1.82) is 0 Å². The van der Waals surface area contributed by atoms with Gasteiger partial charge in [0.15, 0.2) is 0 Å². The van der Waals surface area contributed by atoms with Crippen molar-refractivity contribution >= 4 is 15.9 Å². The number of carbonyl (C=O) groups excluding carboxylic acids is 1. The Kier molecular flexibility index (Phi) is 5.95. The highest BCUT2D eigenvalue weighted by Crippen LogP contribution is 2.26. The molecule has 0 aliphatic carbocycles. The Hall–Kier alpha value is -2.12. The minimum atomic E-state index is -3.57. The first-order valence-corrected chi connectivity index (χ1v) is 11.1. The maximum Gasteiger partial charge on any atom is 0.257 e. The third kappa shape index (κ3) is 4.15. The molecule has 2 heterocycles. The number of likely N-dealkylation sites (tertiary alicyclic amines) is 1. The van der Waals surface area contributed by atoms with E-state index < -0.39 is 10.0 Å². The van der Waals surface area contributed by atoms with E-state index >= 15 is 0 Å². The molecule has 0 spiro atoms. The molecule has 3 rings (SSSR count). The molecule has 1 fully saturated rings. The van der Waals surface area contributed by atoms with Crippen molar-refractivity contribution in [3.8, 4) is 0 Å². The highest BCUT2D eigenvalue weighted by atomic mass is 32.2. The third-order valence-electron chi connectivity index (χ3n) is 5.80. The number of amides is 1. The molecular formula is C21H28N2O4S. The highest BCUT2D eigenvalue weighted by molar-refractivity contribution is 7.89. The molecule has 0 saturated carbocycles. The summed E-state index contributed by atoms with van der Waals surface area (Å²) >= 11 is 0. The highest BCUT2D eigenvalue weighted by Gasteiger charge is 2.27. The largest absolute Gasteiger partial charge is 0.472 e. The van der Waals surface area contributed by atoms with Crippen LogP contribution in [0.5, 0.6) is 0 Å². The lowest BCUT2D eigenvalue weighted by Gasteiger charge is -2.32. The fourth-order valence-electron chi connectivity index (χ4n) is 3.79. The molecule has 0 radical (unpaired) electrons. The van der Waals surface area contributed by atoms with E-state index in [-0.39, 0.29) is 11.8 Å². The second-order valence-corrected chi connectivity index (χ2v) is 9.39. The third-order valence-corrected chi connectivity index (χ3v) is 7.49. The normalized spacial score (nSPS) is 15.8. The monoisotopic (exact) mass is 404 g/mol. The van der Waals surface area contributed by atoms with Gasteiger partial charge in [-0.05, 0) is 74.8 Å². The van der Waals surface area contributed by atoms with Gasteiger partial charge in [0.1, 0.15) is 6.26 Å². The molecule has 0 atom stereocenters. The molecule has 6 nitrogen and oxygen atoms in total. The first-order chi connectivity index (χ1) is 13.2. The SMILES string of the molecule is Cc1cc(C)c(C)c(S(=O)(=O)NCC2CCN(C(=O)c3ccoc3)CC2)c1C. The summed E-state index contributed by atoms with van der Waals surface area (Å²) in [6, 6.07) is 3.69. The molecule has 1 aromatic carbocycles. The van der Waals surface area contributed by atoms with Gasteiger partial charge < -0.3 is 9.32 Å². The number of rotatable bonds is 5. The maximum absolute atomic E-state index is 13.0. The summed E-state index contributed by atoms with van der Waals surface area (Å²) in [4.78, 5) is 14.6. The Bertz CT molecular complexity index is 931. The quantitative estimate of drug-likeness (QED) is 0.829. The Morgan fingerprint density at radius 1 is 1.14 bits per heavy atom. The first kappa shape index (κ1) is 20.6. The Morgan fingerprint density at radius 2 is 1.75 bits per heavy atom. The lowest BCUT2D eigenvalue weighted by Crippen LogP contribution is -2.41. The van der Waals surface area contributed by atoms with E-state index in [1.54, 1.807) is 11.0 Å². The van der Waals surface area contributed by atoms with E-state index in [1.165, 1.54) is 12.5 Å². The zero-order valence-electron chi connectivity index (χ0n) is 16.9. The number of benzene rings is 1. The minimum absolute atomic E-state index is 0.0331. The smallest absolute Gasteiger partial charge is 0.257 e. The molecule has 1 aliphatic rings. The summed E-state index contributed by atoms with van der Waals surface area (Å²) in [5, 5.41) is 0. The van der Waals surface area contributed by atoms with Gasteiger partial charge in [-0.3, -0.25) is 4.79 Å². The molecule has 152 valence electrons. The van der Waals surface area contributed by atoms with Gasteiger partial charge in [-0.2, -0.15) is 0 Å². The minimum Gasteiger partial charge on any atom is -0.472 e. The van der Waals surface area contributed by atoms with Gasteiger partial charge in [-0.1, -0.05) is 6.07 Å². The van der Waals surface area contributed by atoms with E-state index in [1.807, 2.05) is 33.8 Å². The standard InChI is InChI=1S/C21H28N2O4S/c1-14-11-15(2)17(4)20(16(14)3)28(25,26)22-12-18-5-8-23(9-6-18)21(24)19-7-10-27-13-19/h7,10-11,13,18,22H,5-6,8-9,12H2,1-4H3. The predicted molar refractivity (Wildman–Crippen MR) is 108 cm³/mol. The van der Waals surface area contributed by atoms with Crippen molar-refractivity contribution in [2.75, 3.05) is 19.6 Å². The number of aryl methyl sites for hydroxylation is 2. The molecule has 1 aromatic heterocycles. The lowest BCUT2D eigenvalue weighted by molar-refractivity contribution is 0.0691. The molecule has 0 bridgehead atoms. The number of carbonyl (C=O) groups is 1. The molecule has 7 heteroatoms. The van der Waals surface area contributed by atoms with Gasteiger partial charge in [0.25, 0.3) is 5.91 Å². The molecule has 2 aromatic rings. The van der Waals surface area contributed by atoms with E-state index in [9.17, 15) is 13.2 Å². The first-order valence-electron chi connectivity index (χ1n) is 9.59. The average molecular weight is 405 g/mol. The lowest BCUT2D eigenvalue weighted by atomic mass is 9.97. The van der Waals surface area contributed by atoms with Crippen molar-refractivity contribution in [3.63, 3.8) is 0 Å². The summed E-state index contributed by atoms with van der Waals surface area (Å²) in [5.74, 6) is 0.184. The van der Waals surface area contributed by atoms with Crippen LogP contribution < -0.4 is 4.72 Å². The van der Waals surface area contributed by atoms with E-state index in [2.05, 4.69) is 4.72 Å². The number of hydrogen-bond donors (Lipinski definition) is 1. The fourth-order valence-corrected chi connectivity index (χ4v) is 5.52. The van der Waals surface area contributed by atoms with E-state index in [4.69, 9.17) is 4.42 Å². The maximum atomic E-state index is 13.0. The fraction of sp³-hybridized carbons (Fsp3) is 0.476. The van der Waals surface area contributed by atoms with Crippen LogP contribution in [0.3, 0.4) is 0 Å². The van der Waals surface area contributed by atoms with Crippen molar-refractivity contribution < 1.29 is 17.6 Å². The zero-order chi connectivity index (χ0) is 20.5. The second kappa shape index (κ2) is 8.09. The van der Waals surface area contributed by atoms with Gasteiger partial charge in [-0.15, -0.1) is 0 Å². The summed E-state index contributed by atoms with van der Waals surface area (Å²) in [5.41, 5.74) is 4.12. The van der Waals surface area contributed by atoms with Crippen LogP contribution in [-0.2, 0) is 10.0 Å². The van der Waals surface area contributed by atoms with Gasteiger partial charge in [0.05, 0.1) is 16.7 Å². The van der Waals surface area contributed by atoms with Crippen molar-refractivity contribution in [3.05, 3.63) is 52.5 Å². The topological polar surface area (TPSA) is 79.6 Å². The van der Waals surface area contributed by atoms with Crippen LogP contribution >= 0.6 is 0 Å². The number of hydrogen-bond acceptors (Lipinski definition) is 4. The van der Waals surface area contributed by atoms with Crippen LogP contribution in [0, 0.1) is 33.6 Å². The van der Waals surface area contributed by atoms with Gasteiger partial charge in [0, 0.05) is 19.6 Å². The Balaban J connectivity index is 1.62. The van der Waals surface area contributed by atoms with Crippen LogP contribution in [0.25, 0.3) is 0 Å². The van der Waals surface area contributed by atoms with E-state index in [0.29, 0.717) is 30.1 Å². The number of nitrogens with zero attached hydrogens (tertiary/aromatic N) is 1. The van der Waals surface area contributed by atoms with Crippen LogP contribution in [0.2, 0.25) is 0 Å². The molecule has 1 amide bonds. The van der Waals surface area contributed by atoms with Gasteiger partial charge in [-0.25, -0.2) is 13.1 Å². The molecule has 1 N–H and O–H groups in total. The van der Waals surface area contributed by atoms with Gasteiger partial charge in [0.2, 0.25) is 10.0 Å². The number of sulfonamides is 1. The summed E-state index contributed by atoms with van der Waals surface area (Å²) in [7, 11) is -3.57. The number of piperidine rings is 1. The summed E-state index contributed by atoms with van der Waals surface area (Å²) in [6.07, 6.45) is 4.50.